The van der Waals surface area contributed by atoms with Crippen LogP contribution in [-0.4, -0.2) is 22.2 Å². The Hall–Kier alpha value is -0.920. The molecular weight excluding hydrogens is 183 g/mol. The van der Waals surface area contributed by atoms with Crippen molar-refractivity contribution in [3.8, 4) is 11.8 Å². The third kappa shape index (κ3) is 15.7. The van der Waals surface area contributed by atoms with Gasteiger partial charge in [0.15, 0.2) is 0 Å². The SMILES string of the molecule is Cl.Cl.O=C(O)C#CC(=O)O. The van der Waals surface area contributed by atoms with Crippen molar-refractivity contribution in [3.63, 3.8) is 0 Å². The van der Waals surface area contributed by atoms with Gasteiger partial charge in [0.25, 0.3) is 0 Å². The van der Waals surface area contributed by atoms with Crippen LogP contribution in [0.1, 0.15) is 0 Å². The molecule has 4 nitrogen and oxygen atoms in total. The summed E-state index contributed by atoms with van der Waals surface area (Å²) in [6, 6.07) is 0. The number of rotatable bonds is 0. The lowest BCUT2D eigenvalue weighted by molar-refractivity contribution is -0.132. The molecule has 0 aliphatic carbocycles. The number of hydrogen-bond donors (Lipinski definition) is 2. The third-order valence-electron chi connectivity index (χ3n) is 0.276. The molecule has 0 bridgehead atoms. The molecule has 10 heavy (non-hydrogen) atoms. The van der Waals surface area contributed by atoms with Gasteiger partial charge in [-0.2, -0.15) is 0 Å². The standard InChI is InChI=1S/C4H2O4.2ClH/c5-3(6)1-2-4(7)8;;/h(H,5,6)(H,7,8);2*1H. The number of aliphatic carboxylic acids is 2. The van der Waals surface area contributed by atoms with E-state index in [-0.39, 0.29) is 24.8 Å². The predicted octanol–water partition coefficient (Wildman–Crippen LogP) is 0.00260. The highest BCUT2D eigenvalue weighted by Crippen LogP contribution is 1.57. The van der Waals surface area contributed by atoms with Gasteiger partial charge in [-0.15, -0.1) is 24.8 Å². The van der Waals surface area contributed by atoms with Crippen molar-refractivity contribution in [1.82, 2.24) is 0 Å². The smallest absolute Gasteiger partial charge is 0.382 e. The van der Waals surface area contributed by atoms with E-state index in [2.05, 4.69) is 0 Å². The fraction of sp³-hybridized carbons (Fsp3) is 0. The maximum atomic E-state index is 9.47. The zero-order valence-corrected chi connectivity index (χ0v) is 6.16. The van der Waals surface area contributed by atoms with Gasteiger partial charge >= 0.3 is 11.9 Å². The van der Waals surface area contributed by atoms with Gasteiger partial charge in [-0.25, -0.2) is 9.59 Å². The summed E-state index contributed by atoms with van der Waals surface area (Å²) < 4.78 is 0. The molecule has 0 unspecified atom stereocenters. The van der Waals surface area contributed by atoms with Gasteiger partial charge in [-0.1, -0.05) is 0 Å². The molecule has 0 amide bonds. The minimum absolute atomic E-state index is 0. The minimum atomic E-state index is -1.44. The second kappa shape index (κ2) is 8.08. The van der Waals surface area contributed by atoms with E-state index >= 15 is 0 Å². The lowest BCUT2D eigenvalue weighted by Gasteiger charge is -1.68. The monoisotopic (exact) mass is 186 g/mol. The molecule has 0 aliphatic rings. The Morgan fingerprint density at radius 2 is 1.10 bits per heavy atom. The normalized spacial score (nSPS) is 5.20. The quantitative estimate of drug-likeness (QED) is 0.523. The van der Waals surface area contributed by atoms with Crippen LogP contribution >= 0.6 is 24.8 Å². The first kappa shape index (κ1) is 16.0. The molecule has 6 heteroatoms. The number of halogens is 2. The van der Waals surface area contributed by atoms with E-state index in [0.29, 0.717) is 0 Å². The van der Waals surface area contributed by atoms with Gasteiger partial charge in [0.2, 0.25) is 0 Å². The number of carboxylic acid groups (broad SMARTS) is 2. The van der Waals surface area contributed by atoms with Gasteiger partial charge < -0.3 is 10.2 Å². The van der Waals surface area contributed by atoms with Crippen LogP contribution in [0.2, 0.25) is 0 Å². The molecule has 0 saturated heterocycles. The highest BCUT2D eigenvalue weighted by Gasteiger charge is 1.86. The number of carbonyl (C=O) groups is 2. The van der Waals surface area contributed by atoms with Crippen LogP contribution in [0.15, 0.2) is 0 Å². The van der Waals surface area contributed by atoms with Gasteiger partial charge in [0.05, 0.1) is 0 Å². The van der Waals surface area contributed by atoms with Crippen LogP contribution in [0, 0.1) is 11.8 Å². The first-order chi connectivity index (χ1) is 3.63. The molecule has 0 rings (SSSR count). The summed E-state index contributed by atoms with van der Waals surface area (Å²) in [6.07, 6.45) is 0. The van der Waals surface area contributed by atoms with E-state index in [1.54, 1.807) is 0 Å². The predicted molar refractivity (Wildman–Crippen MR) is 37.5 cm³/mol. The molecule has 0 aromatic carbocycles. The topological polar surface area (TPSA) is 74.6 Å². The summed E-state index contributed by atoms with van der Waals surface area (Å²) in [5.74, 6) is -0.0511. The van der Waals surface area contributed by atoms with E-state index in [1.807, 2.05) is 0 Å². The van der Waals surface area contributed by atoms with Gasteiger partial charge in [-0.3, -0.25) is 0 Å². The maximum Gasteiger partial charge on any atom is 0.382 e. The molecule has 0 heterocycles. The minimum Gasteiger partial charge on any atom is -0.472 e. The maximum absolute atomic E-state index is 9.47. The molecule has 0 radical (unpaired) electrons. The van der Waals surface area contributed by atoms with E-state index in [9.17, 15) is 9.59 Å². The second-order valence-electron chi connectivity index (χ2n) is 0.860. The van der Waals surface area contributed by atoms with Crippen molar-refractivity contribution >= 4 is 36.8 Å². The lowest BCUT2D eigenvalue weighted by Crippen LogP contribution is -1.92. The molecule has 0 spiro atoms. The molecule has 0 fully saturated rings. The van der Waals surface area contributed by atoms with Crippen molar-refractivity contribution in [2.75, 3.05) is 0 Å². The van der Waals surface area contributed by atoms with Gasteiger partial charge in [0.1, 0.15) is 0 Å². The van der Waals surface area contributed by atoms with Gasteiger partial charge in [-0.05, 0) is 0 Å². The van der Waals surface area contributed by atoms with E-state index in [0.717, 1.165) is 0 Å². The van der Waals surface area contributed by atoms with Crippen molar-refractivity contribution < 1.29 is 19.8 Å². The molecule has 0 atom stereocenters. The third-order valence-corrected chi connectivity index (χ3v) is 0.276. The Labute approximate surface area is 69.1 Å². The van der Waals surface area contributed by atoms with E-state index in [4.69, 9.17) is 10.2 Å². The Kier molecular flexibility index (Phi) is 13.0. The van der Waals surface area contributed by atoms with E-state index in [1.165, 1.54) is 11.8 Å². The average Bonchev–Trinajstić information content (AvgIpc) is 1.61. The highest BCUT2D eigenvalue weighted by atomic mass is 35.5. The highest BCUT2D eigenvalue weighted by molar-refractivity contribution is 5.96. The van der Waals surface area contributed by atoms with Crippen LogP contribution in [0.5, 0.6) is 0 Å². The summed E-state index contributed by atoms with van der Waals surface area (Å²) in [7, 11) is 0. The number of carboxylic acids is 2. The largest absolute Gasteiger partial charge is 0.472 e. The molecule has 0 aromatic rings. The first-order valence-electron chi connectivity index (χ1n) is 1.61. The van der Waals surface area contributed by atoms with Crippen molar-refractivity contribution in [3.05, 3.63) is 0 Å². The zero-order chi connectivity index (χ0) is 6.57. The van der Waals surface area contributed by atoms with Gasteiger partial charge in [0, 0.05) is 11.8 Å². The summed E-state index contributed by atoms with van der Waals surface area (Å²) >= 11 is 0. The fourth-order valence-corrected chi connectivity index (χ4v) is 0.107. The van der Waals surface area contributed by atoms with Crippen LogP contribution in [0.3, 0.4) is 0 Å². The first-order valence-corrected chi connectivity index (χ1v) is 1.61. The molecule has 2 N–H and O–H groups in total. The Balaban J connectivity index is -0.000000245. The van der Waals surface area contributed by atoms with Crippen LogP contribution in [0.4, 0.5) is 0 Å². The summed E-state index contributed by atoms with van der Waals surface area (Å²) in [4.78, 5) is 18.9. The Bertz CT molecular complexity index is 159. The van der Waals surface area contributed by atoms with E-state index < -0.39 is 11.9 Å². The molecular formula is C4H4Cl2O4. The Morgan fingerprint density at radius 3 is 1.20 bits per heavy atom. The second-order valence-corrected chi connectivity index (χ2v) is 0.860. The average molecular weight is 187 g/mol. The van der Waals surface area contributed by atoms with Crippen LogP contribution in [0.25, 0.3) is 0 Å². The van der Waals surface area contributed by atoms with Crippen molar-refractivity contribution in [2.24, 2.45) is 0 Å². The molecule has 0 saturated carbocycles. The summed E-state index contributed by atoms with van der Waals surface area (Å²) in [5.41, 5.74) is 0. The molecule has 0 aromatic heterocycles. The lowest BCUT2D eigenvalue weighted by atomic mass is 10.6. The zero-order valence-electron chi connectivity index (χ0n) is 4.53. The Morgan fingerprint density at radius 1 is 0.900 bits per heavy atom. The summed E-state index contributed by atoms with van der Waals surface area (Å²) in [5, 5.41) is 15.5. The fourth-order valence-electron chi connectivity index (χ4n) is 0.107. The van der Waals surface area contributed by atoms with Crippen LogP contribution < -0.4 is 0 Å². The molecule has 58 valence electrons. The van der Waals surface area contributed by atoms with Crippen LogP contribution in [-0.2, 0) is 9.59 Å². The summed E-state index contributed by atoms with van der Waals surface area (Å²) in [6.45, 7) is 0. The van der Waals surface area contributed by atoms with Crippen molar-refractivity contribution in [2.45, 2.75) is 0 Å². The molecule has 0 aliphatic heterocycles. The van der Waals surface area contributed by atoms with Crippen molar-refractivity contribution in [1.29, 1.82) is 0 Å². The number of hydrogen-bond acceptors (Lipinski definition) is 2.